The highest BCUT2D eigenvalue weighted by molar-refractivity contribution is 5.90. The van der Waals surface area contributed by atoms with E-state index in [-0.39, 0.29) is 53.8 Å². The van der Waals surface area contributed by atoms with Crippen LogP contribution >= 0.6 is 0 Å². The minimum Gasteiger partial charge on any atom is -0.379 e. The monoisotopic (exact) mass is 793 g/mol. The van der Waals surface area contributed by atoms with Crippen molar-refractivity contribution in [2.75, 3.05) is 41.9 Å². The third kappa shape index (κ3) is 12.1. The minimum absolute atomic E-state index is 0.0185. The SMILES string of the molecule is CC[C@H](C)C([C@@H](CC(=O)N1CCC[C@H]1[C@H](OC)[C@@H](C)C(=O)N[C@@H](c1ccccc1)[C@@H](N)c1ccccc1)OC)N(C)C(=O)[C@@H](NC(=O)[C@H](C(C)C)N(C)C)C(C)C. The summed E-state index contributed by atoms with van der Waals surface area (Å²) >= 11 is 0. The zero-order chi connectivity index (χ0) is 42.6. The largest absolute Gasteiger partial charge is 0.379 e. The molecule has 1 unspecified atom stereocenters. The van der Waals surface area contributed by atoms with Crippen LogP contribution in [0.25, 0.3) is 0 Å². The van der Waals surface area contributed by atoms with Gasteiger partial charge >= 0.3 is 0 Å². The van der Waals surface area contributed by atoms with Gasteiger partial charge in [-0.2, -0.15) is 0 Å². The van der Waals surface area contributed by atoms with E-state index in [2.05, 4.69) is 24.5 Å². The molecule has 1 aliphatic heterocycles. The van der Waals surface area contributed by atoms with E-state index in [1.54, 1.807) is 26.2 Å². The maximum absolute atomic E-state index is 14.4. The molecular formula is C45H72N6O6. The van der Waals surface area contributed by atoms with E-state index < -0.39 is 48.3 Å². The number of carbonyl (C=O) groups excluding carboxylic acids is 4. The van der Waals surface area contributed by atoms with Gasteiger partial charge in [-0.1, -0.05) is 116 Å². The highest BCUT2D eigenvalue weighted by atomic mass is 16.5. The Morgan fingerprint density at radius 1 is 0.825 bits per heavy atom. The van der Waals surface area contributed by atoms with Crippen molar-refractivity contribution in [3.05, 3.63) is 71.8 Å². The van der Waals surface area contributed by atoms with Crippen molar-refractivity contribution in [3.8, 4) is 0 Å². The maximum atomic E-state index is 14.4. The molecule has 2 aromatic rings. The lowest BCUT2D eigenvalue weighted by Crippen LogP contribution is -2.59. The van der Waals surface area contributed by atoms with Gasteiger partial charge in [0, 0.05) is 27.8 Å². The number of carbonyl (C=O) groups is 4. The van der Waals surface area contributed by atoms with Gasteiger partial charge in [0.05, 0.1) is 54.8 Å². The normalized spacial score (nSPS) is 19.3. The van der Waals surface area contributed by atoms with Crippen LogP contribution < -0.4 is 16.4 Å². The summed E-state index contributed by atoms with van der Waals surface area (Å²) in [5.41, 5.74) is 8.59. The van der Waals surface area contributed by atoms with E-state index in [1.807, 2.05) is 119 Å². The highest BCUT2D eigenvalue weighted by Crippen LogP contribution is 2.32. The van der Waals surface area contributed by atoms with Crippen molar-refractivity contribution in [2.24, 2.45) is 29.4 Å². The van der Waals surface area contributed by atoms with E-state index in [1.165, 1.54) is 0 Å². The lowest BCUT2D eigenvalue weighted by atomic mass is 9.89. The summed E-state index contributed by atoms with van der Waals surface area (Å²) in [6, 6.07) is 16.5. The van der Waals surface area contributed by atoms with Gasteiger partial charge in [0.15, 0.2) is 0 Å². The predicted octanol–water partition coefficient (Wildman–Crippen LogP) is 5.19. The van der Waals surface area contributed by atoms with Crippen LogP contribution in [0, 0.1) is 23.7 Å². The molecule has 12 heteroatoms. The molecule has 1 saturated heterocycles. The zero-order valence-corrected chi connectivity index (χ0v) is 36.6. The second-order valence-electron chi connectivity index (χ2n) is 16.8. The van der Waals surface area contributed by atoms with Gasteiger partial charge in [-0.25, -0.2) is 0 Å². The van der Waals surface area contributed by atoms with Crippen molar-refractivity contribution in [2.45, 2.75) is 123 Å². The molecule has 0 aliphatic carbocycles. The molecule has 0 radical (unpaired) electrons. The van der Waals surface area contributed by atoms with E-state index >= 15 is 0 Å². The second kappa shape index (κ2) is 22.3. The van der Waals surface area contributed by atoms with Gasteiger partial charge in [-0.3, -0.25) is 24.1 Å². The summed E-state index contributed by atoms with van der Waals surface area (Å²) in [6.45, 7) is 14.3. The van der Waals surface area contributed by atoms with Gasteiger partial charge in [0.1, 0.15) is 6.04 Å². The lowest BCUT2D eigenvalue weighted by molar-refractivity contribution is -0.148. The van der Waals surface area contributed by atoms with Crippen molar-refractivity contribution in [3.63, 3.8) is 0 Å². The Labute approximate surface area is 342 Å². The summed E-state index contributed by atoms with van der Waals surface area (Å²) < 4.78 is 12.1. The van der Waals surface area contributed by atoms with E-state index in [0.717, 1.165) is 24.0 Å². The van der Waals surface area contributed by atoms with Crippen molar-refractivity contribution >= 4 is 23.6 Å². The first-order valence-corrected chi connectivity index (χ1v) is 20.7. The number of hydrogen-bond acceptors (Lipinski definition) is 8. The van der Waals surface area contributed by atoms with Crippen LogP contribution in [0.2, 0.25) is 0 Å². The van der Waals surface area contributed by atoms with Crippen molar-refractivity contribution < 1.29 is 28.7 Å². The minimum atomic E-state index is -0.759. The summed E-state index contributed by atoms with van der Waals surface area (Å²) in [6.07, 6.45) is 1.02. The van der Waals surface area contributed by atoms with Gasteiger partial charge in [0.25, 0.3) is 0 Å². The Morgan fingerprint density at radius 3 is 1.89 bits per heavy atom. The molecule has 4 N–H and O–H groups in total. The smallest absolute Gasteiger partial charge is 0.245 e. The third-order valence-electron chi connectivity index (χ3n) is 11.9. The first kappa shape index (κ1) is 47.5. The predicted molar refractivity (Wildman–Crippen MR) is 226 cm³/mol. The molecule has 3 rings (SSSR count). The first-order chi connectivity index (χ1) is 27.0. The van der Waals surface area contributed by atoms with Gasteiger partial charge in [-0.15, -0.1) is 0 Å². The summed E-state index contributed by atoms with van der Waals surface area (Å²) in [4.78, 5) is 61.6. The average molecular weight is 793 g/mol. The Hall–Kier alpha value is -3.84. The number of likely N-dealkylation sites (N-methyl/N-ethyl adjacent to an activating group) is 2. The van der Waals surface area contributed by atoms with Gasteiger partial charge in [-0.05, 0) is 55.8 Å². The molecule has 0 saturated carbocycles. The summed E-state index contributed by atoms with van der Waals surface area (Å²) in [5.74, 6) is -1.51. The van der Waals surface area contributed by atoms with Crippen LogP contribution in [0.1, 0.15) is 97.4 Å². The van der Waals surface area contributed by atoms with Gasteiger partial charge < -0.3 is 35.6 Å². The molecule has 1 heterocycles. The number of nitrogens with one attached hydrogen (secondary N) is 2. The molecule has 4 amide bonds. The van der Waals surface area contributed by atoms with E-state index in [4.69, 9.17) is 15.2 Å². The second-order valence-corrected chi connectivity index (χ2v) is 16.8. The lowest BCUT2D eigenvalue weighted by Gasteiger charge is -2.41. The van der Waals surface area contributed by atoms with E-state index in [0.29, 0.717) is 13.0 Å². The molecule has 1 aliphatic rings. The molecule has 57 heavy (non-hydrogen) atoms. The quantitative estimate of drug-likeness (QED) is 0.157. The molecular weight excluding hydrogens is 721 g/mol. The molecule has 2 aromatic carbocycles. The van der Waals surface area contributed by atoms with Crippen LogP contribution in [0.3, 0.4) is 0 Å². The Kier molecular flexibility index (Phi) is 18.6. The number of amides is 4. The first-order valence-electron chi connectivity index (χ1n) is 20.7. The standard InChI is InChI=1S/C45H72N6O6/c1-13-30(6)41(50(10)45(55)38(28(2)3)47-44(54)40(29(4)5)49(8)9)35(56-11)27-36(52)51-26-20-25-34(51)42(57-12)31(7)43(53)48-39(33-23-18-15-19-24-33)37(46)32-21-16-14-17-22-32/h14-19,21-24,28-31,34-35,37-42H,13,20,25-27,46H2,1-12H3,(H,47,54)(H,48,53)/t30-,31+,34-,35+,37-,38-,39-,40-,41?,42+/m0/s1. The number of hydrogen-bond donors (Lipinski definition) is 3. The van der Waals surface area contributed by atoms with Crippen LogP contribution in [0.5, 0.6) is 0 Å². The maximum Gasteiger partial charge on any atom is 0.245 e. The van der Waals surface area contributed by atoms with Gasteiger partial charge in [0.2, 0.25) is 23.6 Å². The topological polar surface area (TPSA) is 147 Å². The Balaban J connectivity index is 1.82. The molecule has 0 bridgehead atoms. The Morgan fingerprint density at radius 2 is 1.40 bits per heavy atom. The number of nitrogens with zero attached hydrogens (tertiary/aromatic N) is 3. The Bertz CT molecular complexity index is 1550. The summed E-state index contributed by atoms with van der Waals surface area (Å²) in [7, 11) is 8.63. The van der Waals surface area contributed by atoms with Crippen LogP contribution in [-0.4, -0.2) is 117 Å². The van der Waals surface area contributed by atoms with Crippen LogP contribution in [-0.2, 0) is 28.7 Å². The van der Waals surface area contributed by atoms with Crippen LogP contribution in [0.15, 0.2) is 60.7 Å². The molecule has 10 atom stereocenters. The fourth-order valence-corrected chi connectivity index (χ4v) is 8.60. The number of ether oxygens (including phenoxy) is 2. The molecule has 1 fully saturated rings. The number of rotatable bonds is 21. The highest BCUT2D eigenvalue weighted by Gasteiger charge is 2.43. The molecule has 318 valence electrons. The number of likely N-dealkylation sites (tertiary alicyclic amines) is 1. The van der Waals surface area contributed by atoms with E-state index in [9.17, 15) is 19.2 Å². The molecule has 0 spiro atoms. The number of benzene rings is 2. The van der Waals surface area contributed by atoms with Crippen LogP contribution in [0.4, 0.5) is 0 Å². The number of methoxy groups -OCH3 is 2. The number of nitrogens with two attached hydrogens (primary N) is 1. The van der Waals surface area contributed by atoms with Crippen molar-refractivity contribution in [1.82, 2.24) is 25.3 Å². The van der Waals surface area contributed by atoms with Crippen molar-refractivity contribution in [1.29, 1.82) is 0 Å². The summed E-state index contributed by atoms with van der Waals surface area (Å²) in [5, 5.41) is 6.28. The fraction of sp³-hybridized carbons (Fsp3) is 0.644. The molecule has 12 nitrogen and oxygen atoms in total. The molecule has 0 aromatic heterocycles. The zero-order valence-electron chi connectivity index (χ0n) is 36.6. The average Bonchev–Trinajstić information content (AvgIpc) is 3.68. The third-order valence-corrected chi connectivity index (χ3v) is 11.9. The fourth-order valence-electron chi connectivity index (χ4n) is 8.60.